The number of aromatic nitrogens is 2. The molecule has 1 unspecified atom stereocenters. The Hall–Kier alpha value is -2.67. The van der Waals surface area contributed by atoms with Crippen molar-refractivity contribution in [3.63, 3.8) is 0 Å². The Morgan fingerprint density at radius 1 is 1.22 bits per heavy atom. The second kappa shape index (κ2) is 7.52. The zero-order chi connectivity index (χ0) is 18.7. The van der Waals surface area contributed by atoms with Crippen LogP contribution in [0.4, 0.5) is 0 Å². The number of benzene rings is 1. The van der Waals surface area contributed by atoms with E-state index in [1.54, 1.807) is 10.9 Å². The molecule has 27 heavy (non-hydrogen) atoms. The highest BCUT2D eigenvalue weighted by Crippen LogP contribution is 2.28. The number of carbonyl (C=O) groups excluding carboxylic acids is 2. The van der Waals surface area contributed by atoms with Gasteiger partial charge in [0, 0.05) is 25.5 Å². The van der Waals surface area contributed by atoms with Crippen molar-refractivity contribution in [1.82, 2.24) is 25.3 Å². The van der Waals surface area contributed by atoms with Crippen LogP contribution in [0, 0.1) is 0 Å². The van der Waals surface area contributed by atoms with E-state index in [1.165, 1.54) is 0 Å². The molecule has 1 aromatic heterocycles. The molecule has 3 heterocycles. The Morgan fingerprint density at radius 3 is 2.70 bits per heavy atom. The van der Waals surface area contributed by atoms with Gasteiger partial charge in [-0.05, 0) is 44.0 Å². The zero-order valence-corrected chi connectivity index (χ0v) is 15.3. The summed E-state index contributed by atoms with van der Waals surface area (Å²) in [5, 5.41) is 10.7. The third-order valence-electron chi connectivity index (χ3n) is 5.62. The zero-order valence-electron chi connectivity index (χ0n) is 15.3. The van der Waals surface area contributed by atoms with E-state index in [2.05, 4.69) is 15.7 Å². The monoisotopic (exact) mass is 367 g/mol. The molecule has 0 bridgehead atoms. The van der Waals surface area contributed by atoms with Gasteiger partial charge in [-0.2, -0.15) is 5.10 Å². The maximum atomic E-state index is 13.2. The third-order valence-corrected chi connectivity index (χ3v) is 5.62. The average Bonchev–Trinajstić information content (AvgIpc) is 3.36. The number of hydrogen-bond acceptors (Lipinski definition) is 4. The van der Waals surface area contributed by atoms with Crippen LogP contribution in [0.15, 0.2) is 48.8 Å². The van der Waals surface area contributed by atoms with Gasteiger partial charge in [-0.25, -0.2) is 0 Å². The molecule has 0 radical (unpaired) electrons. The van der Waals surface area contributed by atoms with E-state index < -0.39 is 11.6 Å². The Bertz CT molecular complexity index is 784. The Balaban J connectivity index is 1.45. The van der Waals surface area contributed by atoms with Gasteiger partial charge in [-0.15, -0.1) is 0 Å². The first-order chi connectivity index (χ1) is 13.2. The number of nitrogens with zero attached hydrogens (tertiary/aromatic N) is 3. The second-order valence-electron chi connectivity index (χ2n) is 7.29. The Morgan fingerprint density at radius 2 is 2.00 bits per heavy atom. The van der Waals surface area contributed by atoms with Crippen LogP contribution >= 0.6 is 0 Å². The molecule has 7 nitrogen and oxygen atoms in total. The number of amides is 2. The van der Waals surface area contributed by atoms with Gasteiger partial charge in [-0.1, -0.05) is 30.3 Å². The number of nitrogens with one attached hydrogen (secondary N) is 2. The SMILES string of the molecule is O=C1C(NC(=O)C2(n3cccn3)CCNCC2)CCN1Cc1ccccc1. The minimum atomic E-state index is -0.720. The minimum Gasteiger partial charge on any atom is -0.342 e. The van der Waals surface area contributed by atoms with E-state index >= 15 is 0 Å². The van der Waals surface area contributed by atoms with Crippen molar-refractivity contribution in [2.45, 2.75) is 37.4 Å². The van der Waals surface area contributed by atoms with Gasteiger partial charge in [-0.3, -0.25) is 14.3 Å². The molecule has 7 heteroatoms. The summed E-state index contributed by atoms with van der Waals surface area (Å²) in [6, 6.07) is 11.3. The highest BCUT2D eigenvalue weighted by atomic mass is 16.2. The summed E-state index contributed by atoms with van der Waals surface area (Å²) in [6.45, 7) is 2.76. The molecule has 2 aliphatic heterocycles. The van der Waals surface area contributed by atoms with Gasteiger partial charge in [0.25, 0.3) is 0 Å². The van der Waals surface area contributed by atoms with Crippen molar-refractivity contribution in [2.24, 2.45) is 0 Å². The van der Waals surface area contributed by atoms with E-state index in [0.29, 0.717) is 32.4 Å². The average molecular weight is 367 g/mol. The molecule has 142 valence electrons. The van der Waals surface area contributed by atoms with Crippen molar-refractivity contribution in [1.29, 1.82) is 0 Å². The molecule has 4 rings (SSSR count). The maximum Gasteiger partial charge on any atom is 0.248 e. The van der Waals surface area contributed by atoms with Gasteiger partial charge >= 0.3 is 0 Å². The molecule has 1 atom stereocenters. The highest BCUT2D eigenvalue weighted by Gasteiger charge is 2.44. The lowest BCUT2D eigenvalue weighted by Crippen LogP contribution is -2.57. The van der Waals surface area contributed by atoms with Crippen LogP contribution in [0.5, 0.6) is 0 Å². The van der Waals surface area contributed by atoms with Crippen LogP contribution in [0.1, 0.15) is 24.8 Å². The molecule has 0 saturated carbocycles. The van der Waals surface area contributed by atoms with Crippen LogP contribution in [0.25, 0.3) is 0 Å². The van der Waals surface area contributed by atoms with Gasteiger partial charge in [0.1, 0.15) is 11.6 Å². The fourth-order valence-corrected chi connectivity index (χ4v) is 4.05. The molecule has 2 aliphatic rings. The summed E-state index contributed by atoms with van der Waals surface area (Å²) in [7, 11) is 0. The Kier molecular flexibility index (Phi) is 4.94. The quantitative estimate of drug-likeness (QED) is 0.822. The lowest BCUT2D eigenvalue weighted by atomic mass is 9.87. The van der Waals surface area contributed by atoms with Crippen LogP contribution in [-0.2, 0) is 21.7 Å². The summed E-state index contributed by atoms with van der Waals surface area (Å²) >= 11 is 0. The predicted molar refractivity (Wildman–Crippen MR) is 101 cm³/mol. The van der Waals surface area contributed by atoms with Crippen LogP contribution < -0.4 is 10.6 Å². The fourth-order valence-electron chi connectivity index (χ4n) is 4.05. The van der Waals surface area contributed by atoms with Crippen molar-refractivity contribution in [3.05, 3.63) is 54.4 Å². The van der Waals surface area contributed by atoms with E-state index in [4.69, 9.17) is 0 Å². The smallest absolute Gasteiger partial charge is 0.248 e. The van der Waals surface area contributed by atoms with E-state index in [0.717, 1.165) is 18.7 Å². The first-order valence-electron chi connectivity index (χ1n) is 9.54. The van der Waals surface area contributed by atoms with Crippen molar-refractivity contribution in [3.8, 4) is 0 Å². The van der Waals surface area contributed by atoms with E-state index in [9.17, 15) is 9.59 Å². The van der Waals surface area contributed by atoms with Gasteiger partial charge in [0.2, 0.25) is 11.8 Å². The minimum absolute atomic E-state index is 0.00301. The summed E-state index contributed by atoms with van der Waals surface area (Å²) in [5.74, 6) is -0.107. The predicted octanol–water partition coefficient (Wildman–Crippen LogP) is 0.879. The normalized spacial score (nSPS) is 22.0. The molecular formula is C20H25N5O2. The molecule has 2 N–H and O–H groups in total. The summed E-state index contributed by atoms with van der Waals surface area (Å²) in [6.07, 6.45) is 5.50. The molecule has 1 aromatic carbocycles. The van der Waals surface area contributed by atoms with Crippen molar-refractivity contribution >= 4 is 11.8 Å². The number of piperidine rings is 1. The highest BCUT2D eigenvalue weighted by molar-refractivity contribution is 5.92. The molecule has 2 aromatic rings. The van der Waals surface area contributed by atoms with Crippen molar-refractivity contribution in [2.75, 3.05) is 19.6 Å². The number of hydrogen-bond donors (Lipinski definition) is 2. The molecule has 0 aliphatic carbocycles. The topological polar surface area (TPSA) is 79.3 Å². The van der Waals surface area contributed by atoms with Crippen LogP contribution in [-0.4, -0.2) is 52.2 Å². The van der Waals surface area contributed by atoms with Gasteiger partial charge in [0.05, 0.1) is 0 Å². The van der Waals surface area contributed by atoms with Crippen molar-refractivity contribution < 1.29 is 9.59 Å². The van der Waals surface area contributed by atoms with Crippen LogP contribution in [0.3, 0.4) is 0 Å². The summed E-state index contributed by atoms with van der Waals surface area (Å²) in [5.41, 5.74) is 0.381. The van der Waals surface area contributed by atoms with E-state index in [-0.39, 0.29) is 11.8 Å². The lowest BCUT2D eigenvalue weighted by molar-refractivity contribution is -0.137. The largest absolute Gasteiger partial charge is 0.342 e. The van der Waals surface area contributed by atoms with Crippen LogP contribution in [0.2, 0.25) is 0 Å². The molecule has 2 fully saturated rings. The maximum absolute atomic E-state index is 13.2. The molecular weight excluding hydrogens is 342 g/mol. The third kappa shape index (κ3) is 3.47. The molecule has 0 spiro atoms. The van der Waals surface area contributed by atoms with Gasteiger partial charge in [0.15, 0.2) is 0 Å². The summed E-state index contributed by atoms with van der Waals surface area (Å²) < 4.78 is 1.75. The second-order valence-corrected chi connectivity index (χ2v) is 7.29. The molecule has 2 amide bonds. The van der Waals surface area contributed by atoms with Gasteiger partial charge < -0.3 is 15.5 Å². The Labute approximate surface area is 158 Å². The standard InChI is InChI=1S/C20H25N5O2/c26-18-17(7-14-24(18)15-16-5-2-1-3-6-16)23-19(27)20(8-11-21-12-9-20)25-13-4-10-22-25/h1-6,10,13,17,21H,7-9,11-12,14-15H2,(H,23,27). The molecule has 2 saturated heterocycles. The van der Waals surface area contributed by atoms with E-state index in [1.807, 2.05) is 47.5 Å². The first kappa shape index (κ1) is 17.7. The lowest BCUT2D eigenvalue weighted by Gasteiger charge is -2.37. The number of likely N-dealkylation sites (tertiary alicyclic amines) is 1. The summed E-state index contributed by atoms with van der Waals surface area (Å²) in [4.78, 5) is 27.8. The fraction of sp³-hybridized carbons (Fsp3) is 0.450. The first-order valence-corrected chi connectivity index (χ1v) is 9.54. The number of carbonyl (C=O) groups is 2. The number of rotatable bonds is 5.